The summed E-state index contributed by atoms with van der Waals surface area (Å²) < 4.78 is 16.0. The molecule has 0 amide bonds. The lowest BCUT2D eigenvalue weighted by molar-refractivity contribution is -0.173. The van der Waals surface area contributed by atoms with E-state index >= 15 is 0 Å². The van der Waals surface area contributed by atoms with Gasteiger partial charge in [-0.05, 0) is 27.7 Å². The average molecular weight is 217 g/mol. The molecular formula is C10H19NO4. The third-order valence-electron chi connectivity index (χ3n) is 2.00. The Morgan fingerprint density at radius 3 is 2.53 bits per heavy atom. The summed E-state index contributed by atoms with van der Waals surface area (Å²) in [4.78, 5) is 11.6. The Morgan fingerprint density at radius 2 is 2.07 bits per heavy atom. The first-order valence-electron chi connectivity index (χ1n) is 5.12. The summed E-state index contributed by atoms with van der Waals surface area (Å²) in [5, 5.41) is 0. The highest BCUT2D eigenvalue weighted by molar-refractivity contribution is 5.76. The molecule has 5 heteroatoms. The van der Waals surface area contributed by atoms with Gasteiger partial charge >= 0.3 is 5.97 Å². The minimum atomic E-state index is -0.773. The third-order valence-corrected chi connectivity index (χ3v) is 2.00. The zero-order valence-electron chi connectivity index (χ0n) is 9.65. The lowest BCUT2D eigenvalue weighted by Crippen LogP contribution is -2.38. The molecule has 1 heterocycles. The summed E-state index contributed by atoms with van der Waals surface area (Å²) in [7, 11) is 0. The SMILES string of the molecule is CC(C)OC(=O)[C@@H]1OC(C)(C)O[C@H]1CN. The van der Waals surface area contributed by atoms with Crippen molar-refractivity contribution in [1.82, 2.24) is 0 Å². The zero-order chi connectivity index (χ0) is 11.6. The van der Waals surface area contributed by atoms with Crippen LogP contribution in [0.5, 0.6) is 0 Å². The van der Waals surface area contributed by atoms with E-state index in [4.69, 9.17) is 19.9 Å². The highest BCUT2D eigenvalue weighted by Crippen LogP contribution is 2.28. The quantitative estimate of drug-likeness (QED) is 0.693. The van der Waals surface area contributed by atoms with Gasteiger partial charge in [0.1, 0.15) is 6.10 Å². The van der Waals surface area contributed by atoms with Crippen LogP contribution in [0.2, 0.25) is 0 Å². The fraction of sp³-hybridized carbons (Fsp3) is 0.900. The van der Waals surface area contributed by atoms with Gasteiger partial charge in [0.05, 0.1) is 6.10 Å². The average Bonchev–Trinajstić information content (AvgIpc) is 2.40. The van der Waals surface area contributed by atoms with E-state index in [1.54, 1.807) is 27.7 Å². The molecule has 0 bridgehead atoms. The molecule has 0 unspecified atom stereocenters. The number of hydrogen-bond acceptors (Lipinski definition) is 5. The van der Waals surface area contributed by atoms with Crippen molar-refractivity contribution in [2.24, 2.45) is 5.73 Å². The van der Waals surface area contributed by atoms with Crippen LogP contribution in [0.3, 0.4) is 0 Å². The van der Waals surface area contributed by atoms with Crippen LogP contribution in [-0.4, -0.2) is 36.6 Å². The molecule has 1 saturated heterocycles. The molecule has 0 saturated carbocycles. The van der Waals surface area contributed by atoms with E-state index in [1.165, 1.54) is 0 Å². The first-order valence-corrected chi connectivity index (χ1v) is 5.12. The molecular weight excluding hydrogens is 198 g/mol. The topological polar surface area (TPSA) is 70.8 Å². The lowest BCUT2D eigenvalue weighted by Gasteiger charge is -2.17. The summed E-state index contributed by atoms with van der Waals surface area (Å²) in [6.45, 7) is 7.31. The monoisotopic (exact) mass is 217 g/mol. The van der Waals surface area contributed by atoms with Gasteiger partial charge in [-0.15, -0.1) is 0 Å². The third kappa shape index (κ3) is 3.15. The second-order valence-corrected chi connectivity index (χ2v) is 4.32. The second-order valence-electron chi connectivity index (χ2n) is 4.32. The summed E-state index contributed by atoms with van der Waals surface area (Å²) in [5.41, 5.74) is 5.50. The van der Waals surface area contributed by atoms with E-state index in [1.807, 2.05) is 0 Å². The van der Waals surface area contributed by atoms with Gasteiger partial charge in [-0.25, -0.2) is 4.79 Å². The van der Waals surface area contributed by atoms with Crippen LogP contribution < -0.4 is 5.73 Å². The maximum atomic E-state index is 11.6. The van der Waals surface area contributed by atoms with Crippen molar-refractivity contribution >= 4 is 5.97 Å². The van der Waals surface area contributed by atoms with Crippen LogP contribution in [0, 0.1) is 0 Å². The molecule has 1 rings (SSSR count). The molecule has 0 aliphatic carbocycles. The lowest BCUT2D eigenvalue weighted by atomic mass is 10.2. The largest absolute Gasteiger partial charge is 0.461 e. The fourth-order valence-electron chi connectivity index (χ4n) is 1.51. The predicted octanol–water partition coefficient (Wildman–Crippen LogP) is 0.417. The van der Waals surface area contributed by atoms with Gasteiger partial charge in [-0.2, -0.15) is 0 Å². The van der Waals surface area contributed by atoms with Crippen LogP contribution in [0.15, 0.2) is 0 Å². The maximum Gasteiger partial charge on any atom is 0.338 e. The molecule has 15 heavy (non-hydrogen) atoms. The smallest absolute Gasteiger partial charge is 0.338 e. The molecule has 1 fully saturated rings. The van der Waals surface area contributed by atoms with Gasteiger partial charge < -0.3 is 19.9 Å². The molecule has 0 aromatic rings. The number of carbonyl (C=O) groups is 1. The van der Waals surface area contributed by atoms with Gasteiger partial charge in [0.2, 0.25) is 0 Å². The van der Waals surface area contributed by atoms with E-state index in [9.17, 15) is 4.79 Å². The van der Waals surface area contributed by atoms with Gasteiger partial charge in [0.25, 0.3) is 0 Å². The van der Waals surface area contributed by atoms with Crippen molar-refractivity contribution in [3.05, 3.63) is 0 Å². The Labute approximate surface area is 89.9 Å². The fourth-order valence-corrected chi connectivity index (χ4v) is 1.51. The van der Waals surface area contributed by atoms with Gasteiger partial charge in [-0.1, -0.05) is 0 Å². The normalized spacial score (nSPS) is 29.5. The molecule has 0 radical (unpaired) electrons. The summed E-state index contributed by atoms with van der Waals surface area (Å²) in [5.74, 6) is -1.18. The number of ether oxygens (including phenoxy) is 3. The van der Waals surface area contributed by atoms with Crippen molar-refractivity contribution in [3.63, 3.8) is 0 Å². The number of rotatable bonds is 3. The van der Waals surface area contributed by atoms with E-state index in [0.29, 0.717) is 0 Å². The number of carbonyl (C=O) groups excluding carboxylic acids is 1. The van der Waals surface area contributed by atoms with Gasteiger partial charge in [0, 0.05) is 6.54 Å². The minimum Gasteiger partial charge on any atom is -0.461 e. The molecule has 2 atom stereocenters. The van der Waals surface area contributed by atoms with Crippen molar-refractivity contribution in [2.45, 2.75) is 51.8 Å². The van der Waals surface area contributed by atoms with E-state index in [2.05, 4.69) is 0 Å². The molecule has 0 aromatic heterocycles. The van der Waals surface area contributed by atoms with Crippen molar-refractivity contribution in [2.75, 3.05) is 6.54 Å². The van der Waals surface area contributed by atoms with Crippen molar-refractivity contribution < 1.29 is 19.0 Å². The van der Waals surface area contributed by atoms with Crippen LogP contribution in [0.25, 0.3) is 0 Å². The van der Waals surface area contributed by atoms with Gasteiger partial charge in [0.15, 0.2) is 11.9 Å². The highest BCUT2D eigenvalue weighted by atomic mass is 16.8. The van der Waals surface area contributed by atoms with Crippen LogP contribution >= 0.6 is 0 Å². The van der Waals surface area contributed by atoms with E-state index < -0.39 is 24.0 Å². The molecule has 2 N–H and O–H groups in total. The molecule has 1 aliphatic heterocycles. The zero-order valence-corrected chi connectivity index (χ0v) is 9.65. The van der Waals surface area contributed by atoms with Crippen LogP contribution in [-0.2, 0) is 19.0 Å². The first-order chi connectivity index (χ1) is 6.85. The Morgan fingerprint density at radius 1 is 1.47 bits per heavy atom. The Hall–Kier alpha value is -0.650. The number of hydrogen-bond donors (Lipinski definition) is 1. The number of esters is 1. The standard InChI is InChI=1S/C10H19NO4/c1-6(2)13-9(12)8-7(5-11)14-10(3,4)15-8/h6-8H,5,11H2,1-4H3/t7-,8+/m0/s1. The van der Waals surface area contributed by atoms with Gasteiger partial charge in [-0.3, -0.25) is 0 Å². The molecule has 0 aromatic carbocycles. The Bertz CT molecular complexity index is 240. The molecule has 88 valence electrons. The van der Waals surface area contributed by atoms with Crippen molar-refractivity contribution in [3.8, 4) is 0 Å². The molecule has 1 aliphatic rings. The first kappa shape index (κ1) is 12.4. The number of nitrogens with two attached hydrogens (primary N) is 1. The second kappa shape index (κ2) is 4.47. The summed E-state index contributed by atoms with van der Waals surface area (Å²) in [6, 6.07) is 0. The van der Waals surface area contributed by atoms with E-state index in [0.717, 1.165) is 0 Å². The van der Waals surface area contributed by atoms with Crippen molar-refractivity contribution in [1.29, 1.82) is 0 Å². The maximum absolute atomic E-state index is 11.6. The summed E-state index contributed by atoms with van der Waals surface area (Å²) in [6.07, 6.45) is -1.30. The highest BCUT2D eigenvalue weighted by Gasteiger charge is 2.45. The Balaban J connectivity index is 2.64. The predicted molar refractivity (Wildman–Crippen MR) is 54.1 cm³/mol. The molecule has 0 spiro atoms. The molecule has 5 nitrogen and oxygen atoms in total. The van der Waals surface area contributed by atoms with E-state index in [-0.39, 0.29) is 12.6 Å². The Kier molecular flexibility index (Phi) is 3.70. The summed E-state index contributed by atoms with van der Waals surface area (Å²) >= 11 is 0. The van der Waals surface area contributed by atoms with Crippen LogP contribution in [0.4, 0.5) is 0 Å². The van der Waals surface area contributed by atoms with Crippen LogP contribution in [0.1, 0.15) is 27.7 Å². The minimum absolute atomic E-state index is 0.164.